The summed E-state index contributed by atoms with van der Waals surface area (Å²) in [6.45, 7) is 0. The van der Waals surface area contributed by atoms with Crippen molar-refractivity contribution in [3.05, 3.63) is 12.1 Å². The molecule has 0 spiro atoms. The summed E-state index contributed by atoms with van der Waals surface area (Å²) in [7, 11) is 0. The van der Waals surface area contributed by atoms with E-state index >= 15 is 0 Å². The van der Waals surface area contributed by atoms with E-state index in [2.05, 4.69) is 4.98 Å². The van der Waals surface area contributed by atoms with Gasteiger partial charge < -0.3 is 16.2 Å². The number of nitrogens with two attached hydrogens (primary N) is 2. The Labute approximate surface area is 70.5 Å². The smallest absolute Gasteiger partial charge is 0.168 e. The monoisotopic (exact) mass is 165 g/mol. The van der Waals surface area contributed by atoms with E-state index < -0.39 is 0 Å². The second-order valence-electron chi connectivity index (χ2n) is 2.94. The van der Waals surface area contributed by atoms with Crippen LogP contribution in [0.3, 0.4) is 0 Å². The van der Waals surface area contributed by atoms with Crippen LogP contribution in [0.25, 0.3) is 0 Å². The zero-order valence-corrected chi connectivity index (χ0v) is 6.66. The van der Waals surface area contributed by atoms with Gasteiger partial charge in [0.15, 0.2) is 11.6 Å². The average molecular weight is 165 g/mol. The van der Waals surface area contributed by atoms with Crippen molar-refractivity contribution in [1.29, 1.82) is 0 Å². The average Bonchev–Trinajstić information content (AvgIpc) is 2.79. The van der Waals surface area contributed by atoms with Crippen LogP contribution >= 0.6 is 0 Å². The maximum absolute atomic E-state index is 5.58. The van der Waals surface area contributed by atoms with Crippen molar-refractivity contribution in [1.82, 2.24) is 4.98 Å². The number of ether oxygens (including phenoxy) is 1. The van der Waals surface area contributed by atoms with Gasteiger partial charge in [0.1, 0.15) is 5.82 Å². The molecular formula is C8H11N3O. The minimum atomic E-state index is 0.345. The van der Waals surface area contributed by atoms with Crippen molar-refractivity contribution in [2.45, 2.75) is 18.9 Å². The molecule has 1 saturated carbocycles. The number of nitrogens with zero attached hydrogens (tertiary/aromatic N) is 1. The first kappa shape index (κ1) is 7.21. The van der Waals surface area contributed by atoms with Crippen molar-refractivity contribution >= 4 is 11.6 Å². The molecule has 0 saturated heterocycles. The molecule has 4 nitrogen and oxygen atoms in total. The highest BCUT2D eigenvalue weighted by Crippen LogP contribution is 2.29. The van der Waals surface area contributed by atoms with Crippen LogP contribution < -0.4 is 16.2 Å². The largest absolute Gasteiger partial charge is 0.487 e. The van der Waals surface area contributed by atoms with Gasteiger partial charge in [-0.05, 0) is 25.0 Å². The highest BCUT2D eigenvalue weighted by molar-refractivity contribution is 5.51. The molecule has 0 aromatic carbocycles. The minimum Gasteiger partial charge on any atom is -0.487 e. The van der Waals surface area contributed by atoms with E-state index in [4.69, 9.17) is 16.2 Å². The lowest BCUT2D eigenvalue weighted by Crippen LogP contribution is -2.02. The standard InChI is InChI=1S/C8H11N3O/c9-7-4-3-6(8(10)11-7)12-5-1-2-5/h3-5H,1-2H2,(H4,9,10,11). The molecule has 1 fully saturated rings. The van der Waals surface area contributed by atoms with Crippen molar-refractivity contribution in [3.8, 4) is 5.75 Å². The van der Waals surface area contributed by atoms with Crippen LogP contribution in [-0.4, -0.2) is 11.1 Å². The second kappa shape index (κ2) is 2.55. The normalized spacial score (nSPS) is 16.0. The van der Waals surface area contributed by atoms with Gasteiger partial charge in [-0.3, -0.25) is 0 Å². The van der Waals surface area contributed by atoms with E-state index in [0.717, 1.165) is 12.8 Å². The van der Waals surface area contributed by atoms with Gasteiger partial charge >= 0.3 is 0 Å². The molecule has 4 N–H and O–H groups in total. The summed E-state index contributed by atoms with van der Waals surface area (Å²) in [4.78, 5) is 3.88. The highest BCUT2D eigenvalue weighted by atomic mass is 16.5. The zero-order valence-electron chi connectivity index (χ0n) is 6.66. The topological polar surface area (TPSA) is 74.2 Å². The summed E-state index contributed by atoms with van der Waals surface area (Å²) in [6.07, 6.45) is 2.57. The molecule has 0 amide bonds. The fourth-order valence-electron chi connectivity index (χ4n) is 0.943. The molecule has 0 atom stereocenters. The molecule has 4 heteroatoms. The first-order chi connectivity index (χ1) is 5.75. The zero-order chi connectivity index (χ0) is 8.55. The Morgan fingerprint density at radius 1 is 1.33 bits per heavy atom. The molecule has 1 aliphatic carbocycles. The molecule has 0 unspecified atom stereocenters. The Morgan fingerprint density at radius 2 is 2.08 bits per heavy atom. The number of pyridine rings is 1. The third-order valence-electron chi connectivity index (χ3n) is 1.73. The summed E-state index contributed by atoms with van der Waals surface area (Å²) in [5.41, 5.74) is 11.0. The summed E-state index contributed by atoms with van der Waals surface area (Å²) >= 11 is 0. The summed E-state index contributed by atoms with van der Waals surface area (Å²) < 4.78 is 5.47. The van der Waals surface area contributed by atoms with Gasteiger partial charge in [0.25, 0.3) is 0 Å². The molecule has 1 aromatic heterocycles. The van der Waals surface area contributed by atoms with Crippen molar-refractivity contribution in [2.75, 3.05) is 11.5 Å². The molecule has 1 heterocycles. The van der Waals surface area contributed by atoms with Crippen LogP contribution in [0.1, 0.15) is 12.8 Å². The Morgan fingerprint density at radius 3 is 2.67 bits per heavy atom. The van der Waals surface area contributed by atoms with E-state index in [0.29, 0.717) is 23.5 Å². The Balaban J connectivity index is 2.18. The first-order valence-electron chi connectivity index (χ1n) is 3.94. The van der Waals surface area contributed by atoms with Crippen molar-refractivity contribution in [2.24, 2.45) is 0 Å². The van der Waals surface area contributed by atoms with E-state index in [1.807, 2.05) is 0 Å². The third kappa shape index (κ3) is 1.42. The first-order valence-corrected chi connectivity index (χ1v) is 3.94. The SMILES string of the molecule is Nc1ccc(OC2CC2)c(N)n1. The highest BCUT2D eigenvalue weighted by Gasteiger charge is 2.24. The number of anilines is 2. The lowest BCUT2D eigenvalue weighted by molar-refractivity contribution is 0.304. The maximum atomic E-state index is 5.58. The van der Waals surface area contributed by atoms with Crippen LogP contribution in [0.15, 0.2) is 12.1 Å². The number of hydrogen-bond donors (Lipinski definition) is 2. The van der Waals surface area contributed by atoms with Crippen molar-refractivity contribution < 1.29 is 4.74 Å². The summed E-state index contributed by atoms with van der Waals surface area (Å²) in [6, 6.07) is 3.45. The molecule has 12 heavy (non-hydrogen) atoms. The van der Waals surface area contributed by atoms with Crippen LogP contribution in [0.4, 0.5) is 11.6 Å². The molecule has 64 valence electrons. The Bertz CT molecular complexity index is 296. The van der Waals surface area contributed by atoms with Gasteiger partial charge in [-0.25, -0.2) is 4.98 Å². The molecular weight excluding hydrogens is 154 g/mol. The number of rotatable bonds is 2. The molecule has 2 rings (SSSR count). The molecule has 1 aromatic rings. The lowest BCUT2D eigenvalue weighted by Gasteiger charge is -2.06. The lowest BCUT2D eigenvalue weighted by atomic mass is 10.4. The van der Waals surface area contributed by atoms with Crippen LogP contribution in [-0.2, 0) is 0 Å². The maximum Gasteiger partial charge on any atom is 0.168 e. The fourth-order valence-corrected chi connectivity index (χ4v) is 0.943. The molecule has 0 aliphatic heterocycles. The quantitative estimate of drug-likeness (QED) is 0.679. The Kier molecular flexibility index (Phi) is 1.53. The number of aromatic nitrogens is 1. The van der Waals surface area contributed by atoms with Gasteiger partial charge in [0, 0.05) is 0 Å². The van der Waals surface area contributed by atoms with Gasteiger partial charge in [0.2, 0.25) is 0 Å². The van der Waals surface area contributed by atoms with E-state index in [1.54, 1.807) is 12.1 Å². The van der Waals surface area contributed by atoms with Gasteiger partial charge in [-0.15, -0.1) is 0 Å². The van der Waals surface area contributed by atoms with Gasteiger partial charge in [-0.1, -0.05) is 0 Å². The molecule has 0 bridgehead atoms. The molecule has 0 radical (unpaired) electrons. The number of hydrogen-bond acceptors (Lipinski definition) is 4. The second-order valence-corrected chi connectivity index (χ2v) is 2.94. The van der Waals surface area contributed by atoms with Crippen LogP contribution in [0.2, 0.25) is 0 Å². The Hall–Kier alpha value is -1.45. The van der Waals surface area contributed by atoms with Crippen molar-refractivity contribution in [3.63, 3.8) is 0 Å². The van der Waals surface area contributed by atoms with E-state index in [1.165, 1.54) is 0 Å². The van der Waals surface area contributed by atoms with E-state index in [9.17, 15) is 0 Å². The fraction of sp³-hybridized carbons (Fsp3) is 0.375. The van der Waals surface area contributed by atoms with Crippen LogP contribution in [0.5, 0.6) is 5.75 Å². The van der Waals surface area contributed by atoms with Gasteiger partial charge in [0.05, 0.1) is 6.10 Å². The molecule has 1 aliphatic rings. The van der Waals surface area contributed by atoms with Crippen LogP contribution in [0, 0.1) is 0 Å². The number of nitrogen functional groups attached to an aromatic ring is 2. The summed E-state index contributed by atoms with van der Waals surface area (Å²) in [5.74, 6) is 1.45. The van der Waals surface area contributed by atoms with E-state index in [-0.39, 0.29) is 0 Å². The predicted octanol–water partition coefficient (Wildman–Crippen LogP) is 0.787. The summed E-state index contributed by atoms with van der Waals surface area (Å²) in [5, 5.41) is 0. The predicted molar refractivity (Wildman–Crippen MR) is 46.7 cm³/mol. The van der Waals surface area contributed by atoms with Gasteiger partial charge in [-0.2, -0.15) is 0 Å². The third-order valence-corrected chi connectivity index (χ3v) is 1.73. The minimum absolute atomic E-state index is 0.345.